The molecule has 11 heteroatoms. The van der Waals surface area contributed by atoms with E-state index in [0.29, 0.717) is 22.8 Å². The van der Waals surface area contributed by atoms with Gasteiger partial charge in [-0.1, -0.05) is 19.9 Å². The molecule has 0 bridgehead atoms. The molecule has 2 aromatic carbocycles. The largest absolute Gasteiger partial charge is 0.368 e. The summed E-state index contributed by atoms with van der Waals surface area (Å²) in [6.45, 7) is 6.19. The Bertz CT molecular complexity index is 1570. The van der Waals surface area contributed by atoms with Crippen LogP contribution >= 0.6 is 0 Å². The Morgan fingerprint density at radius 2 is 1.87 bits per heavy atom. The summed E-state index contributed by atoms with van der Waals surface area (Å²) in [5.74, 6) is -1.14. The van der Waals surface area contributed by atoms with Gasteiger partial charge in [0.2, 0.25) is 0 Å². The van der Waals surface area contributed by atoms with Crippen LogP contribution in [0.1, 0.15) is 42.5 Å². The van der Waals surface area contributed by atoms with Gasteiger partial charge in [-0.15, -0.1) is 0 Å². The highest BCUT2D eigenvalue weighted by Gasteiger charge is 2.28. The van der Waals surface area contributed by atoms with Crippen LogP contribution in [-0.2, 0) is 7.05 Å². The molecule has 38 heavy (non-hydrogen) atoms. The van der Waals surface area contributed by atoms with E-state index in [-0.39, 0.29) is 11.6 Å². The van der Waals surface area contributed by atoms with Crippen molar-refractivity contribution in [1.82, 2.24) is 19.3 Å². The molecule has 2 aromatic heterocycles. The molecule has 198 valence electrons. The molecule has 1 aliphatic heterocycles. The van der Waals surface area contributed by atoms with Crippen LogP contribution in [0.2, 0.25) is 0 Å². The molecule has 1 atom stereocenters. The number of aryl methyl sites for hydroxylation is 1. The number of aromatic nitrogens is 4. The quantitative estimate of drug-likeness (QED) is 0.402. The third-order valence-electron chi connectivity index (χ3n) is 6.94. The van der Waals surface area contributed by atoms with Gasteiger partial charge < -0.3 is 20.5 Å². The van der Waals surface area contributed by atoms with Gasteiger partial charge in [-0.25, -0.2) is 13.8 Å². The lowest BCUT2D eigenvalue weighted by molar-refractivity contribution is 0.102. The number of anilines is 2. The number of nitrogens with two attached hydrogens (primary N) is 1. The lowest BCUT2D eigenvalue weighted by Crippen LogP contribution is -2.27. The molecular formula is C27H29F2N7O2. The Hall–Kier alpha value is -4.12. The molecule has 3 N–H and O–H groups in total. The summed E-state index contributed by atoms with van der Waals surface area (Å²) in [5, 5.41) is 6.87. The Kier molecular flexibility index (Phi) is 6.70. The zero-order chi connectivity index (χ0) is 27.1. The number of fused-ring (bicyclic) bond motifs is 1. The third kappa shape index (κ3) is 4.43. The molecule has 1 saturated heterocycles. The van der Waals surface area contributed by atoms with Crippen molar-refractivity contribution in [2.24, 2.45) is 18.7 Å². The van der Waals surface area contributed by atoms with E-state index in [9.17, 15) is 18.4 Å². The number of benzene rings is 2. The van der Waals surface area contributed by atoms with E-state index in [1.54, 1.807) is 0 Å². The Morgan fingerprint density at radius 1 is 1.13 bits per heavy atom. The molecule has 3 heterocycles. The molecule has 1 fully saturated rings. The van der Waals surface area contributed by atoms with Crippen LogP contribution in [0.5, 0.6) is 0 Å². The molecule has 5 rings (SSSR count). The van der Waals surface area contributed by atoms with E-state index in [1.807, 2.05) is 23.7 Å². The lowest BCUT2D eigenvalue weighted by atomic mass is 10.1. The zero-order valence-corrected chi connectivity index (χ0v) is 21.4. The Labute approximate surface area is 217 Å². The van der Waals surface area contributed by atoms with E-state index < -0.39 is 28.8 Å². The summed E-state index contributed by atoms with van der Waals surface area (Å²) in [6, 6.07) is 9.20. The number of hydrogen-bond acceptors (Lipinski definition) is 6. The lowest BCUT2D eigenvalue weighted by Gasteiger charge is -2.23. The van der Waals surface area contributed by atoms with Crippen LogP contribution in [0.25, 0.3) is 16.7 Å². The third-order valence-corrected chi connectivity index (χ3v) is 6.94. The summed E-state index contributed by atoms with van der Waals surface area (Å²) in [7, 11) is 1.97. The number of halogens is 2. The van der Waals surface area contributed by atoms with Crippen molar-refractivity contribution >= 4 is 28.3 Å². The monoisotopic (exact) mass is 521 g/mol. The smallest absolute Gasteiger partial charge is 0.276 e. The standard InChI is InChI=1S/C27H29F2N7O2/c1-15(2)26-32-23-21(34(26)3)9-7-19(25(23)35-12-11-16(13-30)14-35)31-27(38)20-8-10-22(37)36(33-20)24-17(28)5-4-6-18(24)29/h4-10,15-16H,11-14,30H2,1-3H3,(H,31,38)/t16-/m0/s1. The van der Waals surface area contributed by atoms with Crippen molar-refractivity contribution in [1.29, 1.82) is 0 Å². The first-order chi connectivity index (χ1) is 18.2. The van der Waals surface area contributed by atoms with Gasteiger partial charge >= 0.3 is 0 Å². The fourth-order valence-corrected chi connectivity index (χ4v) is 5.00. The van der Waals surface area contributed by atoms with Gasteiger partial charge in [0.1, 0.15) is 22.7 Å². The van der Waals surface area contributed by atoms with Crippen molar-refractivity contribution in [3.8, 4) is 5.69 Å². The van der Waals surface area contributed by atoms with Gasteiger partial charge in [0.15, 0.2) is 11.6 Å². The van der Waals surface area contributed by atoms with E-state index in [2.05, 4.69) is 29.2 Å². The van der Waals surface area contributed by atoms with E-state index >= 15 is 0 Å². The van der Waals surface area contributed by atoms with Gasteiger partial charge in [-0.2, -0.15) is 9.78 Å². The molecule has 1 aliphatic rings. The second-order valence-electron chi connectivity index (χ2n) is 9.84. The Balaban J connectivity index is 1.57. The molecule has 1 amide bonds. The molecule has 0 aliphatic carbocycles. The number of carbonyl (C=O) groups excluding carboxylic acids is 1. The van der Waals surface area contributed by atoms with Crippen LogP contribution in [0, 0.1) is 17.6 Å². The van der Waals surface area contributed by atoms with E-state index in [4.69, 9.17) is 10.7 Å². The molecule has 4 aromatic rings. The molecule has 0 unspecified atom stereocenters. The van der Waals surface area contributed by atoms with E-state index in [0.717, 1.165) is 60.3 Å². The summed E-state index contributed by atoms with van der Waals surface area (Å²) in [5.41, 5.74) is 7.34. The first-order valence-electron chi connectivity index (χ1n) is 12.5. The Morgan fingerprint density at radius 3 is 2.53 bits per heavy atom. The maximum atomic E-state index is 14.4. The molecular weight excluding hydrogens is 492 g/mol. The predicted octanol–water partition coefficient (Wildman–Crippen LogP) is 3.56. The van der Waals surface area contributed by atoms with E-state index in [1.165, 1.54) is 12.1 Å². The number of hydrogen-bond donors (Lipinski definition) is 2. The van der Waals surface area contributed by atoms with Gasteiger partial charge in [0.05, 0.1) is 16.9 Å². The number of carbonyl (C=O) groups is 1. The topological polar surface area (TPSA) is 111 Å². The summed E-state index contributed by atoms with van der Waals surface area (Å²) in [4.78, 5) is 32.8. The molecule has 0 spiro atoms. The van der Waals surface area contributed by atoms with Crippen LogP contribution in [0.15, 0.2) is 47.3 Å². The number of nitrogens with one attached hydrogen (secondary N) is 1. The second-order valence-corrected chi connectivity index (χ2v) is 9.84. The number of nitrogens with zero attached hydrogens (tertiary/aromatic N) is 5. The van der Waals surface area contributed by atoms with Gasteiger partial charge in [-0.3, -0.25) is 9.59 Å². The maximum absolute atomic E-state index is 14.4. The SMILES string of the molecule is CC(C)c1nc2c(N3CC[C@@H](CN)C3)c(NC(=O)c3ccc(=O)n(-c4c(F)cccc4F)n3)ccc2n1C. The minimum absolute atomic E-state index is 0.177. The average molecular weight is 522 g/mol. The summed E-state index contributed by atoms with van der Waals surface area (Å²) in [6.07, 6.45) is 0.921. The highest BCUT2D eigenvalue weighted by molar-refractivity contribution is 6.08. The fourth-order valence-electron chi connectivity index (χ4n) is 5.00. The van der Waals surface area contributed by atoms with Crippen LogP contribution in [0.4, 0.5) is 20.2 Å². The van der Waals surface area contributed by atoms with Gasteiger partial charge in [0, 0.05) is 32.1 Å². The maximum Gasteiger partial charge on any atom is 0.276 e. The minimum Gasteiger partial charge on any atom is -0.368 e. The highest BCUT2D eigenvalue weighted by atomic mass is 19.1. The predicted molar refractivity (Wildman–Crippen MR) is 142 cm³/mol. The summed E-state index contributed by atoms with van der Waals surface area (Å²) >= 11 is 0. The number of rotatable bonds is 6. The van der Waals surface area contributed by atoms with Gasteiger partial charge in [0.25, 0.3) is 11.5 Å². The van der Waals surface area contributed by atoms with Crippen LogP contribution in [-0.4, -0.2) is 44.9 Å². The zero-order valence-electron chi connectivity index (χ0n) is 21.4. The van der Waals surface area contributed by atoms with Crippen molar-refractivity contribution < 1.29 is 13.6 Å². The molecule has 9 nitrogen and oxygen atoms in total. The molecule has 0 saturated carbocycles. The average Bonchev–Trinajstić information content (AvgIpc) is 3.49. The summed E-state index contributed by atoms with van der Waals surface area (Å²) < 4.78 is 31.3. The van der Waals surface area contributed by atoms with Crippen molar-refractivity contribution in [2.45, 2.75) is 26.2 Å². The number of amides is 1. The first kappa shape index (κ1) is 25.5. The fraction of sp³-hybridized carbons (Fsp3) is 0.333. The molecule has 0 radical (unpaired) electrons. The minimum atomic E-state index is -0.968. The first-order valence-corrected chi connectivity index (χ1v) is 12.5. The van der Waals surface area contributed by atoms with Gasteiger partial charge in [-0.05, 0) is 49.2 Å². The van der Waals surface area contributed by atoms with Crippen molar-refractivity contribution in [2.75, 3.05) is 29.9 Å². The van der Waals surface area contributed by atoms with Crippen LogP contribution < -0.4 is 21.5 Å². The normalized spacial score (nSPS) is 15.6. The second kappa shape index (κ2) is 9.97. The van der Waals surface area contributed by atoms with Crippen LogP contribution in [0.3, 0.4) is 0 Å². The van der Waals surface area contributed by atoms with Crippen molar-refractivity contribution in [3.63, 3.8) is 0 Å². The number of para-hydroxylation sites is 1. The highest BCUT2D eigenvalue weighted by Crippen LogP contribution is 2.38. The van der Waals surface area contributed by atoms with Crippen molar-refractivity contribution in [3.05, 3.63) is 76.0 Å². The number of imidazole rings is 1.